The zero-order valence-corrected chi connectivity index (χ0v) is 16.6. The Morgan fingerprint density at radius 2 is 1.85 bits per heavy atom. The van der Waals surface area contributed by atoms with Gasteiger partial charge in [-0.05, 0) is 72.6 Å². The van der Waals surface area contributed by atoms with E-state index in [4.69, 9.17) is 5.73 Å². The molecule has 0 spiro atoms. The second kappa shape index (κ2) is 9.65. The number of likely N-dealkylation sites (N-methyl/N-ethyl adjacent to an activating group) is 1. The number of amides is 1. The number of thiophene rings is 1. The highest BCUT2D eigenvalue weighted by molar-refractivity contribution is 7.17. The summed E-state index contributed by atoms with van der Waals surface area (Å²) in [6.07, 6.45) is 2.16. The van der Waals surface area contributed by atoms with E-state index in [1.165, 1.54) is 15.8 Å². The van der Waals surface area contributed by atoms with Crippen LogP contribution in [0.2, 0.25) is 0 Å². The SMILES string of the molecule is CN(CCCc1ccc(CN)cc1)CCNC(=O)c1ccc2sccc2c1. The molecule has 1 heterocycles. The predicted octanol–water partition coefficient (Wildman–Crippen LogP) is 3.65. The lowest BCUT2D eigenvalue weighted by molar-refractivity contribution is 0.0950. The number of carbonyl (C=O) groups excluding carboxylic acids is 1. The lowest BCUT2D eigenvalue weighted by Crippen LogP contribution is -2.33. The zero-order chi connectivity index (χ0) is 19.1. The second-order valence-electron chi connectivity index (χ2n) is 6.86. The number of hydrogen-bond donors (Lipinski definition) is 2. The molecule has 0 saturated carbocycles. The highest BCUT2D eigenvalue weighted by atomic mass is 32.1. The Balaban J connectivity index is 1.35. The van der Waals surface area contributed by atoms with Crippen molar-refractivity contribution in [1.82, 2.24) is 10.2 Å². The highest BCUT2D eigenvalue weighted by Gasteiger charge is 2.07. The molecule has 3 N–H and O–H groups in total. The monoisotopic (exact) mass is 381 g/mol. The van der Waals surface area contributed by atoms with E-state index in [0.29, 0.717) is 13.1 Å². The number of rotatable bonds is 9. The van der Waals surface area contributed by atoms with Crippen LogP contribution in [0.1, 0.15) is 27.9 Å². The van der Waals surface area contributed by atoms with Crippen LogP contribution in [-0.4, -0.2) is 37.5 Å². The minimum Gasteiger partial charge on any atom is -0.351 e. The Kier molecular flexibility index (Phi) is 6.98. The van der Waals surface area contributed by atoms with E-state index >= 15 is 0 Å². The topological polar surface area (TPSA) is 58.4 Å². The quantitative estimate of drug-likeness (QED) is 0.595. The van der Waals surface area contributed by atoms with Gasteiger partial charge in [0.25, 0.3) is 5.91 Å². The molecule has 0 aliphatic carbocycles. The maximum absolute atomic E-state index is 12.3. The maximum Gasteiger partial charge on any atom is 0.251 e. The van der Waals surface area contributed by atoms with Gasteiger partial charge >= 0.3 is 0 Å². The van der Waals surface area contributed by atoms with Gasteiger partial charge in [-0.2, -0.15) is 0 Å². The van der Waals surface area contributed by atoms with Crippen molar-refractivity contribution in [3.63, 3.8) is 0 Å². The van der Waals surface area contributed by atoms with Crippen LogP contribution in [0, 0.1) is 0 Å². The summed E-state index contributed by atoms with van der Waals surface area (Å²) < 4.78 is 1.21. The van der Waals surface area contributed by atoms with Crippen LogP contribution in [0.3, 0.4) is 0 Å². The second-order valence-corrected chi connectivity index (χ2v) is 7.80. The number of nitrogens with zero attached hydrogens (tertiary/aromatic N) is 1. The molecule has 0 atom stereocenters. The molecule has 1 aromatic heterocycles. The van der Waals surface area contributed by atoms with Gasteiger partial charge in [-0.1, -0.05) is 24.3 Å². The third kappa shape index (κ3) is 5.63. The first kappa shape index (κ1) is 19.5. The Labute approximate surface area is 165 Å². The fourth-order valence-electron chi connectivity index (χ4n) is 3.08. The molecule has 1 amide bonds. The molecule has 0 aliphatic heterocycles. The fraction of sp³-hybridized carbons (Fsp3) is 0.318. The largest absolute Gasteiger partial charge is 0.351 e. The molecule has 0 saturated heterocycles. The summed E-state index contributed by atoms with van der Waals surface area (Å²) in [4.78, 5) is 14.6. The van der Waals surface area contributed by atoms with Gasteiger partial charge in [-0.25, -0.2) is 0 Å². The van der Waals surface area contributed by atoms with Gasteiger partial charge in [-0.3, -0.25) is 4.79 Å². The molecule has 3 aromatic rings. The molecular formula is C22H27N3OS. The molecule has 0 radical (unpaired) electrons. The predicted molar refractivity (Wildman–Crippen MR) is 114 cm³/mol. The molecule has 2 aromatic carbocycles. The molecule has 4 nitrogen and oxygen atoms in total. The van der Waals surface area contributed by atoms with Gasteiger partial charge in [-0.15, -0.1) is 11.3 Å². The number of carbonyl (C=O) groups is 1. The Morgan fingerprint density at radius 3 is 2.63 bits per heavy atom. The van der Waals surface area contributed by atoms with Crippen LogP contribution in [0.4, 0.5) is 0 Å². The Hall–Kier alpha value is -2.21. The van der Waals surface area contributed by atoms with E-state index in [0.717, 1.165) is 36.9 Å². The van der Waals surface area contributed by atoms with Crippen molar-refractivity contribution < 1.29 is 4.79 Å². The van der Waals surface area contributed by atoms with Crippen molar-refractivity contribution in [3.8, 4) is 0 Å². The molecule has 5 heteroatoms. The Bertz CT molecular complexity index is 873. The van der Waals surface area contributed by atoms with Gasteiger partial charge < -0.3 is 16.0 Å². The highest BCUT2D eigenvalue weighted by Crippen LogP contribution is 2.21. The van der Waals surface area contributed by atoms with Gasteiger partial charge in [0, 0.05) is 29.9 Å². The number of nitrogens with one attached hydrogen (secondary N) is 1. The molecule has 0 bridgehead atoms. The first-order valence-corrected chi connectivity index (χ1v) is 10.3. The molecule has 27 heavy (non-hydrogen) atoms. The van der Waals surface area contributed by atoms with Crippen LogP contribution in [-0.2, 0) is 13.0 Å². The van der Waals surface area contributed by atoms with Crippen LogP contribution in [0.5, 0.6) is 0 Å². The Morgan fingerprint density at radius 1 is 1.07 bits per heavy atom. The van der Waals surface area contributed by atoms with Crippen molar-refractivity contribution in [3.05, 3.63) is 70.6 Å². The van der Waals surface area contributed by atoms with E-state index in [-0.39, 0.29) is 5.91 Å². The minimum atomic E-state index is -0.00325. The molecule has 0 unspecified atom stereocenters. The summed E-state index contributed by atoms with van der Waals surface area (Å²) in [7, 11) is 2.10. The lowest BCUT2D eigenvalue weighted by atomic mass is 10.1. The molecule has 142 valence electrons. The minimum absolute atomic E-state index is 0.00325. The van der Waals surface area contributed by atoms with Crippen molar-refractivity contribution in [2.75, 3.05) is 26.7 Å². The van der Waals surface area contributed by atoms with E-state index < -0.39 is 0 Å². The third-order valence-electron chi connectivity index (χ3n) is 4.76. The summed E-state index contributed by atoms with van der Waals surface area (Å²) in [5.41, 5.74) is 8.87. The van der Waals surface area contributed by atoms with Crippen molar-refractivity contribution in [2.24, 2.45) is 5.73 Å². The smallest absolute Gasteiger partial charge is 0.251 e. The van der Waals surface area contributed by atoms with Crippen LogP contribution >= 0.6 is 11.3 Å². The van der Waals surface area contributed by atoms with Crippen LogP contribution < -0.4 is 11.1 Å². The van der Waals surface area contributed by atoms with E-state index in [9.17, 15) is 4.79 Å². The number of aryl methyl sites for hydroxylation is 1. The average molecular weight is 382 g/mol. The number of hydrogen-bond acceptors (Lipinski definition) is 4. The molecule has 3 rings (SSSR count). The first-order chi connectivity index (χ1) is 13.2. The van der Waals surface area contributed by atoms with Gasteiger partial charge in [0.15, 0.2) is 0 Å². The van der Waals surface area contributed by atoms with Crippen LogP contribution in [0.25, 0.3) is 10.1 Å². The number of benzene rings is 2. The summed E-state index contributed by atoms with van der Waals surface area (Å²) in [6, 6.07) is 16.4. The summed E-state index contributed by atoms with van der Waals surface area (Å²) >= 11 is 1.69. The summed E-state index contributed by atoms with van der Waals surface area (Å²) in [5.74, 6) is -0.00325. The van der Waals surface area contributed by atoms with Crippen molar-refractivity contribution in [1.29, 1.82) is 0 Å². The first-order valence-electron chi connectivity index (χ1n) is 9.37. The van der Waals surface area contributed by atoms with E-state index in [2.05, 4.69) is 41.5 Å². The normalized spacial score (nSPS) is 11.2. The standard InChI is InChI=1S/C22H27N3OS/c1-25(12-2-3-17-4-6-18(16-23)7-5-17)13-11-24-22(26)20-8-9-21-19(15-20)10-14-27-21/h4-10,14-15H,2-3,11-13,16,23H2,1H3,(H,24,26). The van der Waals surface area contributed by atoms with Gasteiger partial charge in [0.1, 0.15) is 0 Å². The molecule has 0 fully saturated rings. The third-order valence-corrected chi connectivity index (χ3v) is 5.66. The summed E-state index contributed by atoms with van der Waals surface area (Å²) in [6.45, 7) is 3.10. The molecule has 0 aliphatic rings. The average Bonchev–Trinajstić information content (AvgIpc) is 3.16. The summed E-state index contributed by atoms with van der Waals surface area (Å²) in [5, 5.41) is 6.20. The van der Waals surface area contributed by atoms with Gasteiger partial charge in [0.2, 0.25) is 0 Å². The van der Waals surface area contributed by atoms with E-state index in [1.54, 1.807) is 11.3 Å². The zero-order valence-electron chi connectivity index (χ0n) is 15.8. The number of fused-ring (bicyclic) bond motifs is 1. The van der Waals surface area contributed by atoms with E-state index in [1.807, 2.05) is 29.6 Å². The molecular weight excluding hydrogens is 354 g/mol. The van der Waals surface area contributed by atoms with Gasteiger partial charge in [0.05, 0.1) is 0 Å². The van der Waals surface area contributed by atoms with Crippen molar-refractivity contribution >= 4 is 27.3 Å². The maximum atomic E-state index is 12.3. The van der Waals surface area contributed by atoms with Crippen LogP contribution in [0.15, 0.2) is 53.9 Å². The lowest BCUT2D eigenvalue weighted by Gasteiger charge is -2.17. The number of nitrogens with two attached hydrogens (primary N) is 1. The van der Waals surface area contributed by atoms with Crippen molar-refractivity contribution in [2.45, 2.75) is 19.4 Å². The fourth-order valence-corrected chi connectivity index (χ4v) is 3.85.